The van der Waals surface area contributed by atoms with Gasteiger partial charge in [-0.15, -0.1) is 0 Å². The van der Waals surface area contributed by atoms with Crippen LogP contribution in [0, 0.1) is 31.1 Å². The van der Waals surface area contributed by atoms with Gasteiger partial charge in [0.05, 0.1) is 0 Å². The molecule has 0 rings (SSSR count). The Morgan fingerprint density at radius 3 is 0.800 bits per heavy atom. The van der Waals surface area contributed by atoms with Gasteiger partial charge < -0.3 is 0 Å². The van der Waals surface area contributed by atoms with Gasteiger partial charge in [-0.25, -0.2) is 0 Å². The van der Waals surface area contributed by atoms with E-state index < -0.39 is 31.1 Å². The van der Waals surface area contributed by atoms with E-state index in [0.717, 1.165) is 0 Å². The monoisotopic (exact) mass is 271 g/mol. The van der Waals surface area contributed by atoms with Crippen LogP contribution in [0.5, 0.6) is 0 Å². The Morgan fingerprint density at radius 1 is 0.600 bits per heavy atom. The fourth-order valence-electron chi connectivity index (χ4n) is 1.39. The molecule has 0 N–H and O–H groups in total. The molecule has 0 aliphatic rings. The van der Waals surface area contributed by atoms with Crippen molar-refractivity contribution in [3.05, 3.63) is 0 Å². The summed E-state index contributed by atoms with van der Waals surface area (Å²) in [5, 5.41) is 0. The van der Waals surface area contributed by atoms with Gasteiger partial charge in [0.15, 0.2) is 0 Å². The summed E-state index contributed by atoms with van der Waals surface area (Å²) in [5.41, 5.74) is 0. The molecule has 0 radical (unpaired) electrons. The Balaban J connectivity index is 3.98. The Labute approximate surface area is 77.8 Å². The fraction of sp³-hybridized carbons (Fsp3) is 1.00. The molecule has 0 aromatic rings. The van der Waals surface area contributed by atoms with Gasteiger partial charge in [-0.2, -0.15) is 0 Å². The second-order valence-corrected chi connectivity index (χ2v) is 15.1. The summed E-state index contributed by atoms with van der Waals surface area (Å²) in [6, 6.07) is 0. The third-order valence-electron chi connectivity index (χ3n) is 1.39. The van der Waals surface area contributed by atoms with Crippen molar-refractivity contribution in [3.8, 4) is 0 Å². The molecule has 0 saturated heterocycles. The van der Waals surface area contributed by atoms with Crippen LogP contribution >= 0.6 is 0 Å². The molecule has 0 heterocycles. The Bertz CT molecular complexity index is 74.0. The van der Waals surface area contributed by atoms with Gasteiger partial charge in [-0.3, -0.25) is 0 Å². The van der Waals surface area contributed by atoms with Crippen molar-refractivity contribution in [2.75, 3.05) is 42.3 Å². The van der Waals surface area contributed by atoms with Gasteiger partial charge >= 0.3 is 78.3 Å². The zero-order valence-corrected chi connectivity index (χ0v) is 11.5. The molecule has 0 saturated carbocycles. The van der Waals surface area contributed by atoms with E-state index in [0.29, 0.717) is 0 Å². The van der Waals surface area contributed by atoms with Crippen molar-refractivity contribution >= 4 is 0 Å². The number of hydrogen-bond donors (Lipinski definition) is 0. The molecule has 0 aromatic heterocycles. The Morgan fingerprint density at radius 2 is 0.800 bits per heavy atom. The number of hydrogen-bond acceptors (Lipinski definition) is 3. The van der Waals surface area contributed by atoms with Crippen LogP contribution in [0.1, 0.15) is 0 Å². The van der Waals surface area contributed by atoms with Crippen molar-refractivity contribution in [3.63, 3.8) is 0 Å². The van der Waals surface area contributed by atoms with Gasteiger partial charge in [0, 0.05) is 0 Å². The van der Waals surface area contributed by atoms with E-state index in [1.54, 1.807) is 0 Å². The molecule has 3 nitrogen and oxygen atoms in total. The van der Waals surface area contributed by atoms with Crippen LogP contribution in [0.25, 0.3) is 0 Å². The third kappa shape index (κ3) is 3.46. The summed E-state index contributed by atoms with van der Waals surface area (Å²) in [6.07, 6.45) is 0. The van der Waals surface area contributed by atoms with Crippen molar-refractivity contribution in [1.82, 2.24) is 4.99 Å². The molecule has 0 amide bonds. The summed E-state index contributed by atoms with van der Waals surface area (Å²) in [5.74, 6) is 0. The minimum absolute atomic E-state index is 1.76. The second kappa shape index (κ2) is 4.85. The molecule has 0 aliphatic carbocycles. The van der Waals surface area contributed by atoms with Gasteiger partial charge in [-0.1, -0.05) is 0 Å². The van der Waals surface area contributed by atoms with Crippen LogP contribution < -0.4 is 0 Å². The molecule has 0 atom stereocenters. The molecule has 10 heavy (non-hydrogen) atoms. The second-order valence-electron chi connectivity index (χ2n) is 3.24. The van der Waals surface area contributed by atoms with Crippen LogP contribution in [0.15, 0.2) is 0 Å². The van der Waals surface area contributed by atoms with Crippen LogP contribution in [0.3, 0.4) is 0 Å². The van der Waals surface area contributed by atoms with Gasteiger partial charge in [0.25, 0.3) is 0 Å². The maximum absolute atomic E-state index is 2.39. The average Bonchev–Trinajstić information content (AvgIpc) is 1.59. The molecule has 0 aliphatic heterocycles. The summed E-state index contributed by atoms with van der Waals surface area (Å²) in [6.45, 7) is 0. The first-order valence-electron chi connectivity index (χ1n) is 3.46. The van der Waals surface area contributed by atoms with E-state index in [4.69, 9.17) is 0 Å². The molecular weight excluding hydrogens is 253 g/mol. The summed E-state index contributed by atoms with van der Waals surface area (Å²) >= 11 is -1.76. The molecular formula is C6H18LaN3. The van der Waals surface area contributed by atoms with Crippen molar-refractivity contribution < 1.29 is 31.1 Å². The van der Waals surface area contributed by atoms with Gasteiger partial charge in [0.1, 0.15) is 0 Å². The van der Waals surface area contributed by atoms with E-state index in [9.17, 15) is 0 Å². The quantitative estimate of drug-likeness (QED) is 0.717. The molecule has 0 fully saturated rings. The van der Waals surface area contributed by atoms with E-state index in [-0.39, 0.29) is 0 Å². The molecule has 0 aromatic carbocycles. The van der Waals surface area contributed by atoms with E-state index >= 15 is 0 Å². The molecule has 0 unspecified atom stereocenters. The first-order chi connectivity index (χ1) is 4.46. The summed E-state index contributed by atoms with van der Waals surface area (Å²) in [4.78, 5) is 0. The van der Waals surface area contributed by atoms with Crippen molar-refractivity contribution in [1.29, 1.82) is 0 Å². The minimum atomic E-state index is -1.76. The van der Waals surface area contributed by atoms with Crippen LogP contribution in [-0.4, -0.2) is 47.3 Å². The van der Waals surface area contributed by atoms with Gasteiger partial charge in [-0.05, 0) is 0 Å². The van der Waals surface area contributed by atoms with E-state index in [1.165, 1.54) is 0 Å². The van der Waals surface area contributed by atoms with E-state index in [1.807, 2.05) is 0 Å². The maximum atomic E-state index is 2.39. The third-order valence-corrected chi connectivity index (χ3v) is 10.1. The number of rotatable bonds is 3. The van der Waals surface area contributed by atoms with E-state index in [2.05, 4.69) is 47.3 Å². The zero-order chi connectivity index (χ0) is 8.31. The fourth-order valence-corrected chi connectivity index (χ4v) is 10.1. The average molecular weight is 271 g/mol. The zero-order valence-electron chi connectivity index (χ0n) is 7.92. The summed E-state index contributed by atoms with van der Waals surface area (Å²) < 4.78 is 7.17. The Kier molecular flexibility index (Phi) is 5.37. The van der Waals surface area contributed by atoms with Crippen LogP contribution in [0.4, 0.5) is 0 Å². The van der Waals surface area contributed by atoms with Crippen LogP contribution in [-0.2, 0) is 0 Å². The molecule has 0 spiro atoms. The van der Waals surface area contributed by atoms with Gasteiger partial charge in [0.2, 0.25) is 0 Å². The van der Waals surface area contributed by atoms with Crippen LogP contribution in [0.2, 0.25) is 0 Å². The van der Waals surface area contributed by atoms with Crippen molar-refractivity contribution in [2.45, 2.75) is 0 Å². The predicted molar refractivity (Wildman–Crippen MR) is 41.1 cm³/mol. The Hall–Kier alpha value is 1.07. The molecule has 60 valence electrons. The van der Waals surface area contributed by atoms with Crippen molar-refractivity contribution in [2.24, 2.45) is 0 Å². The first-order valence-corrected chi connectivity index (χ1v) is 8.32. The predicted octanol–water partition coefficient (Wildman–Crippen LogP) is 0.0369. The standard InChI is InChI=1S/3C2H6N.La/c3*1-3-2;/h3*1-2H3;/q3*-1;+3. The molecule has 0 bridgehead atoms. The summed E-state index contributed by atoms with van der Waals surface area (Å²) in [7, 11) is 13.0. The number of nitrogens with zero attached hydrogens (tertiary/aromatic N) is 3. The SMILES string of the molecule is C[N](C)[La]([N](C)C)[N](C)C. The first kappa shape index (κ1) is 11.1. The normalized spacial score (nSPS) is 11.7. The molecule has 4 heteroatoms. The topological polar surface area (TPSA) is 9.72 Å².